The lowest BCUT2D eigenvalue weighted by Crippen LogP contribution is -2.21. The second-order valence-electron chi connectivity index (χ2n) is 3.39. The summed E-state index contributed by atoms with van der Waals surface area (Å²) in [5.41, 5.74) is 6.75. The first-order chi connectivity index (χ1) is 7.47. The Morgan fingerprint density at radius 1 is 1.62 bits per heavy atom. The molecule has 0 amide bonds. The summed E-state index contributed by atoms with van der Waals surface area (Å²) in [6.45, 7) is 4.07. The highest BCUT2D eigenvalue weighted by Crippen LogP contribution is 2.31. The number of carboxylic acids is 1. The molecule has 0 radical (unpaired) electrons. The molecular weight excluding hydrogens is 230 g/mol. The number of hydrogen-bond acceptors (Lipinski definition) is 3. The van der Waals surface area contributed by atoms with Crippen LogP contribution >= 0.6 is 11.6 Å². The Morgan fingerprint density at radius 3 is 2.75 bits per heavy atom. The van der Waals surface area contributed by atoms with Crippen molar-refractivity contribution in [3.8, 4) is 5.75 Å². The fourth-order valence-corrected chi connectivity index (χ4v) is 1.74. The van der Waals surface area contributed by atoms with Crippen molar-refractivity contribution in [2.45, 2.75) is 19.9 Å². The Morgan fingerprint density at radius 2 is 2.25 bits per heavy atom. The number of nitrogens with two attached hydrogens (primary N) is 1. The van der Waals surface area contributed by atoms with Gasteiger partial charge in [-0.25, -0.2) is 0 Å². The minimum Gasteiger partial charge on any atom is -0.493 e. The van der Waals surface area contributed by atoms with Crippen molar-refractivity contribution in [1.82, 2.24) is 0 Å². The Bertz CT molecular complexity index is 406. The zero-order chi connectivity index (χ0) is 12.3. The van der Waals surface area contributed by atoms with E-state index in [1.54, 1.807) is 13.0 Å². The number of benzene rings is 1. The van der Waals surface area contributed by atoms with Gasteiger partial charge in [-0.1, -0.05) is 11.6 Å². The van der Waals surface area contributed by atoms with Gasteiger partial charge in [-0.15, -0.1) is 0 Å². The number of rotatable bonds is 4. The normalized spacial score (nSPS) is 12.2. The summed E-state index contributed by atoms with van der Waals surface area (Å²) in [6.07, 6.45) is 0. The zero-order valence-electron chi connectivity index (χ0n) is 9.16. The van der Waals surface area contributed by atoms with Gasteiger partial charge in [-0.2, -0.15) is 0 Å². The van der Waals surface area contributed by atoms with Crippen LogP contribution in [0.5, 0.6) is 5.75 Å². The minimum atomic E-state index is -1.13. The molecule has 1 rings (SSSR count). The molecule has 0 bridgehead atoms. The molecule has 16 heavy (non-hydrogen) atoms. The summed E-state index contributed by atoms with van der Waals surface area (Å²) in [4.78, 5) is 10.9. The Kier molecular flexibility index (Phi) is 4.15. The predicted molar refractivity (Wildman–Crippen MR) is 61.9 cm³/mol. The largest absolute Gasteiger partial charge is 0.493 e. The van der Waals surface area contributed by atoms with Gasteiger partial charge in [0.25, 0.3) is 0 Å². The highest BCUT2D eigenvalue weighted by atomic mass is 35.5. The molecule has 1 atom stereocenters. The average Bonchev–Trinajstić information content (AvgIpc) is 2.20. The van der Waals surface area contributed by atoms with E-state index >= 15 is 0 Å². The van der Waals surface area contributed by atoms with E-state index in [0.717, 1.165) is 5.56 Å². The van der Waals surface area contributed by atoms with E-state index in [9.17, 15) is 4.79 Å². The third-order valence-electron chi connectivity index (χ3n) is 2.16. The molecule has 0 spiro atoms. The van der Waals surface area contributed by atoms with Gasteiger partial charge in [0.2, 0.25) is 0 Å². The van der Waals surface area contributed by atoms with E-state index < -0.39 is 12.0 Å². The second-order valence-corrected chi connectivity index (χ2v) is 3.83. The van der Waals surface area contributed by atoms with Gasteiger partial charge in [0.05, 0.1) is 6.61 Å². The average molecular weight is 244 g/mol. The van der Waals surface area contributed by atoms with Crippen molar-refractivity contribution in [3.05, 3.63) is 28.3 Å². The number of carbonyl (C=O) groups is 1. The van der Waals surface area contributed by atoms with Crippen LogP contribution in [-0.4, -0.2) is 17.7 Å². The highest BCUT2D eigenvalue weighted by molar-refractivity contribution is 6.30. The maximum Gasteiger partial charge on any atom is 0.325 e. The van der Waals surface area contributed by atoms with Crippen molar-refractivity contribution in [2.75, 3.05) is 6.61 Å². The van der Waals surface area contributed by atoms with Crippen LogP contribution in [-0.2, 0) is 4.79 Å². The van der Waals surface area contributed by atoms with Crippen molar-refractivity contribution in [1.29, 1.82) is 0 Å². The van der Waals surface area contributed by atoms with E-state index in [0.29, 0.717) is 22.9 Å². The lowest BCUT2D eigenvalue weighted by Gasteiger charge is -2.16. The van der Waals surface area contributed by atoms with Crippen LogP contribution in [0.25, 0.3) is 0 Å². The smallest absolute Gasteiger partial charge is 0.325 e. The molecule has 4 nitrogen and oxygen atoms in total. The lowest BCUT2D eigenvalue weighted by molar-refractivity contribution is -0.138. The van der Waals surface area contributed by atoms with E-state index in [4.69, 9.17) is 27.2 Å². The molecule has 0 aliphatic heterocycles. The van der Waals surface area contributed by atoms with Crippen molar-refractivity contribution in [2.24, 2.45) is 5.73 Å². The molecular formula is C11H14ClNO3. The third kappa shape index (κ3) is 2.65. The van der Waals surface area contributed by atoms with E-state index in [1.807, 2.05) is 6.92 Å². The number of carboxylic acid groups (broad SMARTS) is 1. The SMILES string of the molecule is CCOc1c(C)cc(Cl)cc1C(N)C(=O)O. The van der Waals surface area contributed by atoms with E-state index in [2.05, 4.69) is 0 Å². The fraction of sp³-hybridized carbons (Fsp3) is 0.364. The summed E-state index contributed by atoms with van der Waals surface area (Å²) in [7, 11) is 0. The molecule has 0 fully saturated rings. The molecule has 3 N–H and O–H groups in total. The van der Waals surface area contributed by atoms with Crippen LogP contribution in [0, 0.1) is 6.92 Å². The molecule has 88 valence electrons. The minimum absolute atomic E-state index is 0.402. The molecule has 0 aliphatic carbocycles. The quantitative estimate of drug-likeness (QED) is 0.850. The van der Waals surface area contributed by atoms with Crippen molar-refractivity contribution >= 4 is 17.6 Å². The Labute approximate surface area is 99.0 Å². The first-order valence-electron chi connectivity index (χ1n) is 4.88. The predicted octanol–water partition coefficient (Wildman–Crippen LogP) is 2.13. The molecule has 5 heteroatoms. The van der Waals surface area contributed by atoms with Gasteiger partial charge in [0.1, 0.15) is 11.8 Å². The maximum absolute atomic E-state index is 10.9. The molecule has 0 saturated carbocycles. The van der Waals surface area contributed by atoms with Crippen LogP contribution in [0.15, 0.2) is 12.1 Å². The van der Waals surface area contributed by atoms with Crippen LogP contribution in [0.4, 0.5) is 0 Å². The summed E-state index contributed by atoms with van der Waals surface area (Å²) in [6, 6.07) is 2.11. The van der Waals surface area contributed by atoms with Gasteiger partial charge in [0, 0.05) is 10.6 Å². The molecule has 1 aromatic carbocycles. The lowest BCUT2D eigenvalue weighted by atomic mass is 10.0. The molecule has 1 aromatic rings. The topological polar surface area (TPSA) is 72.5 Å². The van der Waals surface area contributed by atoms with Crippen LogP contribution in [0.1, 0.15) is 24.1 Å². The zero-order valence-corrected chi connectivity index (χ0v) is 9.91. The molecule has 1 unspecified atom stereocenters. The van der Waals surface area contributed by atoms with Crippen LogP contribution in [0.3, 0.4) is 0 Å². The van der Waals surface area contributed by atoms with Crippen LogP contribution < -0.4 is 10.5 Å². The number of aliphatic carboxylic acids is 1. The summed E-state index contributed by atoms with van der Waals surface area (Å²) in [5, 5.41) is 9.34. The first kappa shape index (κ1) is 12.8. The monoisotopic (exact) mass is 243 g/mol. The standard InChI is InChI=1S/C11H14ClNO3/c1-3-16-10-6(2)4-7(12)5-8(10)9(13)11(14)15/h4-5,9H,3,13H2,1-2H3,(H,14,15). The van der Waals surface area contributed by atoms with Gasteiger partial charge < -0.3 is 15.6 Å². The first-order valence-corrected chi connectivity index (χ1v) is 5.26. The van der Waals surface area contributed by atoms with Gasteiger partial charge in [-0.05, 0) is 31.5 Å². The summed E-state index contributed by atoms with van der Waals surface area (Å²) < 4.78 is 5.39. The Balaban J connectivity index is 3.28. The highest BCUT2D eigenvalue weighted by Gasteiger charge is 2.21. The number of ether oxygens (including phenoxy) is 1. The van der Waals surface area contributed by atoms with Gasteiger partial charge in [-0.3, -0.25) is 4.79 Å². The van der Waals surface area contributed by atoms with E-state index in [1.165, 1.54) is 6.07 Å². The number of aryl methyl sites for hydroxylation is 1. The Hall–Kier alpha value is -1.26. The molecule has 0 aromatic heterocycles. The van der Waals surface area contributed by atoms with Gasteiger partial charge in [0.15, 0.2) is 0 Å². The van der Waals surface area contributed by atoms with E-state index in [-0.39, 0.29) is 0 Å². The maximum atomic E-state index is 10.9. The molecule has 0 aliphatic rings. The number of hydrogen-bond donors (Lipinski definition) is 2. The molecule has 0 saturated heterocycles. The summed E-state index contributed by atoms with van der Waals surface area (Å²) >= 11 is 5.87. The third-order valence-corrected chi connectivity index (χ3v) is 2.38. The van der Waals surface area contributed by atoms with Crippen molar-refractivity contribution in [3.63, 3.8) is 0 Å². The second kappa shape index (κ2) is 5.18. The van der Waals surface area contributed by atoms with Crippen LogP contribution in [0.2, 0.25) is 5.02 Å². The molecule has 0 heterocycles. The number of halogens is 1. The van der Waals surface area contributed by atoms with Gasteiger partial charge >= 0.3 is 5.97 Å². The fourth-order valence-electron chi connectivity index (χ4n) is 1.46. The summed E-state index contributed by atoms with van der Waals surface area (Å²) in [5.74, 6) is -0.607. The van der Waals surface area contributed by atoms with Crippen molar-refractivity contribution < 1.29 is 14.6 Å².